The molecule has 1 aromatic carbocycles. The monoisotopic (exact) mass is 486 g/mol. The van der Waals surface area contributed by atoms with E-state index in [2.05, 4.69) is 5.32 Å². The Morgan fingerprint density at radius 2 is 1.78 bits per heavy atom. The van der Waals surface area contributed by atoms with Crippen LogP contribution in [0.4, 0.5) is 0 Å². The summed E-state index contributed by atoms with van der Waals surface area (Å²) in [5.41, 5.74) is 0. The van der Waals surface area contributed by atoms with Gasteiger partial charge in [-0.05, 0) is 49.8 Å². The fourth-order valence-corrected chi connectivity index (χ4v) is 7.14. The van der Waals surface area contributed by atoms with Crippen LogP contribution in [0, 0.1) is 11.8 Å². The van der Waals surface area contributed by atoms with Crippen molar-refractivity contribution < 1.29 is 31.2 Å². The van der Waals surface area contributed by atoms with E-state index in [4.69, 9.17) is 4.74 Å². The SMILES string of the molecule is CCOC(=O)CNC(=O)C1C2CCCCCC2CN1S(=O)(=O)c1cccc(S(C)(=O)=O)c1. The van der Waals surface area contributed by atoms with Crippen molar-refractivity contribution in [2.75, 3.05) is 26.0 Å². The molecule has 32 heavy (non-hydrogen) atoms. The number of hydrogen-bond donors (Lipinski definition) is 1. The number of carbonyl (C=O) groups is 2. The summed E-state index contributed by atoms with van der Waals surface area (Å²) in [4.78, 5) is 24.6. The first kappa shape index (κ1) is 24.7. The molecule has 1 aromatic rings. The van der Waals surface area contributed by atoms with Gasteiger partial charge >= 0.3 is 5.97 Å². The Kier molecular flexibility index (Phi) is 7.61. The number of nitrogens with one attached hydrogen (secondary N) is 1. The van der Waals surface area contributed by atoms with Crippen LogP contribution in [0.1, 0.15) is 39.0 Å². The maximum absolute atomic E-state index is 13.6. The number of esters is 1. The van der Waals surface area contributed by atoms with Gasteiger partial charge in [0.15, 0.2) is 9.84 Å². The third-order valence-electron chi connectivity index (χ3n) is 6.17. The summed E-state index contributed by atoms with van der Waals surface area (Å²) in [6, 6.07) is 4.23. The van der Waals surface area contributed by atoms with Gasteiger partial charge in [0.25, 0.3) is 0 Å². The van der Waals surface area contributed by atoms with Crippen molar-refractivity contribution in [3.63, 3.8) is 0 Å². The Balaban J connectivity index is 1.94. The lowest BCUT2D eigenvalue weighted by Gasteiger charge is -2.27. The lowest BCUT2D eigenvalue weighted by molar-refractivity contribution is -0.143. The van der Waals surface area contributed by atoms with Crippen molar-refractivity contribution >= 4 is 31.7 Å². The average Bonchev–Trinajstić information content (AvgIpc) is 2.95. The molecule has 0 spiro atoms. The van der Waals surface area contributed by atoms with Crippen LogP contribution in [0.2, 0.25) is 0 Å². The Hall–Kier alpha value is -1.98. The molecule has 3 unspecified atom stereocenters. The summed E-state index contributed by atoms with van der Waals surface area (Å²) in [5, 5.41) is 2.54. The number of sulfone groups is 1. The average molecular weight is 487 g/mol. The molecule has 1 aliphatic heterocycles. The molecule has 1 aliphatic carbocycles. The van der Waals surface area contributed by atoms with Gasteiger partial charge in [0.2, 0.25) is 15.9 Å². The van der Waals surface area contributed by atoms with Gasteiger partial charge in [0.1, 0.15) is 12.6 Å². The zero-order valence-corrected chi connectivity index (χ0v) is 20.0. The van der Waals surface area contributed by atoms with E-state index in [-0.39, 0.29) is 41.3 Å². The molecule has 2 fully saturated rings. The number of rotatable bonds is 7. The summed E-state index contributed by atoms with van der Waals surface area (Å²) in [6.45, 7) is 1.69. The van der Waals surface area contributed by atoms with Crippen LogP contribution < -0.4 is 5.32 Å². The van der Waals surface area contributed by atoms with Gasteiger partial charge in [0.05, 0.1) is 16.4 Å². The van der Waals surface area contributed by atoms with E-state index in [1.165, 1.54) is 22.5 Å². The number of benzene rings is 1. The molecule has 0 aromatic heterocycles. The molecular weight excluding hydrogens is 456 g/mol. The van der Waals surface area contributed by atoms with Crippen molar-refractivity contribution in [1.29, 1.82) is 0 Å². The second-order valence-electron chi connectivity index (χ2n) is 8.35. The number of ether oxygens (including phenoxy) is 1. The summed E-state index contributed by atoms with van der Waals surface area (Å²) in [7, 11) is -7.74. The van der Waals surface area contributed by atoms with E-state index in [9.17, 15) is 26.4 Å². The highest BCUT2D eigenvalue weighted by molar-refractivity contribution is 7.91. The summed E-state index contributed by atoms with van der Waals surface area (Å²) < 4.78 is 57.0. The number of amides is 1. The zero-order valence-electron chi connectivity index (χ0n) is 18.3. The highest BCUT2D eigenvalue weighted by Gasteiger charge is 2.50. The molecule has 2 aliphatic rings. The molecule has 1 heterocycles. The van der Waals surface area contributed by atoms with Gasteiger partial charge in [-0.15, -0.1) is 0 Å². The quantitative estimate of drug-likeness (QED) is 0.576. The summed E-state index contributed by atoms with van der Waals surface area (Å²) in [5.74, 6) is -1.25. The Morgan fingerprint density at radius 3 is 2.47 bits per heavy atom. The van der Waals surface area contributed by atoms with Crippen LogP contribution in [0.15, 0.2) is 34.1 Å². The smallest absolute Gasteiger partial charge is 0.325 e. The van der Waals surface area contributed by atoms with Crippen molar-refractivity contribution in [1.82, 2.24) is 9.62 Å². The normalized spacial score (nSPS) is 24.4. The van der Waals surface area contributed by atoms with Crippen LogP contribution in [-0.4, -0.2) is 65.0 Å². The maximum atomic E-state index is 13.6. The number of sulfonamides is 1. The topological polar surface area (TPSA) is 127 Å². The Labute approximate surface area is 189 Å². The standard InChI is InChI=1S/C21H30N2O7S2/c1-3-30-19(24)13-22-21(25)20-18-11-6-4-5-8-15(18)14-23(20)32(28,29)17-10-7-9-16(12-17)31(2,26)27/h7,9-10,12,15,18,20H,3-6,8,11,13-14H2,1-2H3,(H,22,25). The van der Waals surface area contributed by atoms with E-state index in [1.807, 2.05) is 0 Å². The minimum atomic E-state index is -4.14. The molecule has 11 heteroatoms. The fourth-order valence-electron chi connectivity index (χ4n) is 4.66. The predicted molar refractivity (Wildman–Crippen MR) is 117 cm³/mol. The first-order valence-electron chi connectivity index (χ1n) is 10.8. The van der Waals surface area contributed by atoms with Crippen LogP contribution >= 0.6 is 0 Å². The van der Waals surface area contributed by atoms with Gasteiger partial charge in [-0.3, -0.25) is 9.59 Å². The fraction of sp³-hybridized carbons (Fsp3) is 0.619. The molecule has 178 valence electrons. The van der Waals surface area contributed by atoms with Gasteiger partial charge in [-0.1, -0.05) is 25.3 Å². The number of nitrogens with zero attached hydrogens (tertiary/aromatic N) is 1. The number of fused-ring (bicyclic) bond motifs is 1. The second kappa shape index (κ2) is 9.88. The van der Waals surface area contributed by atoms with Crippen molar-refractivity contribution in [2.45, 2.75) is 54.9 Å². The third kappa shape index (κ3) is 5.32. The van der Waals surface area contributed by atoms with Crippen LogP contribution in [0.25, 0.3) is 0 Å². The first-order valence-corrected chi connectivity index (χ1v) is 14.1. The molecule has 0 radical (unpaired) electrons. The lowest BCUT2D eigenvalue weighted by Crippen LogP contribution is -2.49. The minimum Gasteiger partial charge on any atom is -0.465 e. The molecule has 3 rings (SSSR count). The molecule has 1 N–H and O–H groups in total. The Bertz CT molecular complexity index is 1070. The van der Waals surface area contributed by atoms with Gasteiger partial charge < -0.3 is 10.1 Å². The number of hydrogen-bond acceptors (Lipinski definition) is 7. The molecule has 0 bridgehead atoms. The molecule has 9 nitrogen and oxygen atoms in total. The summed E-state index contributed by atoms with van der Waals surface area (Å²) >= 11 is 0. The van der Waals surface area contributed by atoms with Crippen molar-refractivity contribution in [3.05, 3.63) is 24.3 Å². The highest BCUT2D eigenvalue weighted by atomic mass is 32.2. The van der Waals surface area contributed by atoms with E-state index in [0.29, 0.717) is 0 Å². The van der Waals surface area contributed by atoms with Gasteiger partial charge in [0, 0.05) is 12.8 Å². The lowest BCUT2D eigenvalue weighted by atomic mass is 9.86. The second-order valence-corrected chi connectivity index (χ2v) is 12.3. The molecule has 1 amide bonds. The molecule has 3 atom stereocenters. The first-order chi connectivity index (χ1) is 15.1. The molecule has 1 saturated heterocycles. The van der Waals surface area contributed by atoms with Gasteiger partial charge in [-0.2, -0.15) is 4.31 Å². The van der Waals surface area contributed by atoms with Crippen molar-refractivity contribution in [3.8, 4) is 0 Å². The van der Waals surface area contributed by atoms with E-state index < -0.39 is 37.8 Å². The van der Waals surface area contributed by atoms with Crippen LogP contribution in [-0.2, 0) is 34.2 Å². The number of carbonyl (C=O) groups excluding carboxylic acids is 2. The predicted octanol–water partition coefficient (Wildman–Crippen LogP) is 1.34. The molecule has 1 saturated carbocycles. The van der Waals surface area contributed by atoms with E-state index in [1.54, 1.807) is 6.92 Å². The summed E-state index contributed by atoms with van der Waals surface area (Å²) in [6.07, 6.45) is 5.46. The third-order valence-corrected chi connectivity index (χ3v) is 9.12. The van der Waals surface area contributed by atoms with Crippen LogP contribution in [0.5, 0.6) is 0 Å². The minimum absolute atomic E-state index is 0.0312. The van der Waals surface area contributed by atoms with Crippen molar-refractivity contribution in [2.24, 2.45) is 11.8 Å². The Morgan fingerprint density at radius 1 is 1.09 bits per heavy atom. The van der Waals surface area contributed by atoms with Gasteiger partial charge in [-0.25, -0.2) is 16.8 Å². The molecular formula is C21H30N2O7S2. The van der Waals surface area contributed by atoms with E-state index >= 15 is 0 Å². The zero-order chi connectivity index (χ0) is 23.5. The largest absolute Gasteiger partial charge is 0.465 e. The highest BCUT2D eigenvalue weighted by Crippen LogP contribution is 2.42. The van der Waals surface area contributed by atoms with Crippen LogP contribution in [0.3, 0.4) is 0 Å². The maximum Gasteiger partial charge on any atom is 0.325 e. The van der Waals surface area contributed by atoms with E-state index in [0.717, 1.165) is 44.4 Å².